The Morgan fingerprint density at radius 2 is 1.77 bits per heavy atom. The molecular formula is C21H23NO4. The summed E-state index contributed by atoms with van der Waals surface area (Å²) >= 11 is 0. The van der Waals surface area contributed by atoms with Crippen molar-refractivity contribution in [3.8, 4) is 0 Å². The summed E-state index contributed by atoms with van der Waals surface area (Å²) in [6, 6.07) is 16.7. The normalized spacial score (nSPS) is 16.4. The molecule has 1 amide bonds. The Labute approximate surface area is 153 Å². The van der Waals surface area contributed by atoms with Crippen LogP contribution in [0.25, 0.3) is 0 Å². The van der Waals surface area contributed by atoms with E-state index in [2.05, 4.69) is 12.1 Å². The second kappa shape index (κ2) is 8.63. The molecule has 1 aliphatic rings. The number of ether oxygens (including phenoxy) is 1. The molecule has 0 aliphatic carbocycles. The van der Waals surface area contributed by atoms with Crippen LogP contribution in [0.1, 0.15) is 27.9 Å². The molecule has 1 fully saturated rings. The molecule has 1 atom stereocenters. The highest BCUT2D eigenvalue weighted by atomic mass is 16.5. The smallest absolute Gasteiger partial charge is 0.335 e. The van der Waals surface area contributed by atoms with E-state index in [1.54, 1.807) is 12.1 Å². The highest BCUT2D eigenvalue weighted by Gasteiger charge is 2.27. The van der Waals surface area contributed by atoms with Crippen LogP contribution in [0.15, 0.2) is 54.6 Å². The number of amides is 1. The molecule has 2 aromatic carbocycles. The van der Waals surface area contributed by atoms with Gasteiger partial charge in [0.2, 0.25) is 5.91 Å². The molecule has 2 aromatic rings. The zero-order valence-corrected chi connectivity index (χ0v) is 14.6. The molecule has 0 aromatic heterocycles. The minimum absolute atomic E-state index is 0.0551. The van der Waals surface area contributed by atoms with Gasteiger partial charge in [-0.05, 0) is 36.1 Å². The average molecular weight is 353 g/mol. The number of benzene rings is 2. The summed E-state index contributed by atoms with van der Waals surface area (Å²) in [5.41, 5.74) is 2.25. The Morgan fingerprint density at radius 3 is 2.38 bits per heavy atom. The molecule has 0 radical (unpaired) electrons. The number of carboxylic acids is 1. The van der Waals surface area contributed by atoms with Crippen LogP contribution in [-0.4, -0.2) is 47.7 Å². The Kier molecular flexibility index (Phi) is 6.02. The van der Waals surface area contributed by atoms with Crippen molar-refractivity contribution in [3.63, 3.8) is 0 Å². The molecule has 0 bridgehead atoms. The van der Waals surface area contributed by atoms with Crippen LogP contribution in [-0.2, 0) is 22.4 Å². The molecule has 136 valence electrons. The number of hydrogen-bond acceptors (Lipinski definition) is 3. The first-order valence-corrected chi connectivity index (χ1v) is 8.87. The number of rotatable bonds is 7. The molecule has 1 N–H and O–H groups in total. The van der Waals surface area contributed by atoms with E-state index in [9.17, 15) is 9.59 Å². The maximum absolute atomic E-state index is 12.9. The van der Waals surface area contributed by atoms with E-state index in [4.69, 9.17) is 9.84 Å². The van der Waals surface area contributed by atoms with Gasteiger partial charge in [-0.2, -0.15) is 0 Å². The number of carbonyl (C=O) groups excluding carboxylic acids is 1. The lowest BCUT2D eigenvalue weighted by Gasteiger charge is -2.28. The fourth-order valence-electron chi connectivity index (χ4n) is 3.21. The highest BCUT2D eigenvalue weighted by Crippen LogP contribution is 2.16. The molecule has 1 saturated heterocycles. The Bertz CT molecular complexity index is 736. The van der Waals surface area contributed by atoms with Crippen LogP contribution < -0.4 is 0 Å². The van der Waals surface area contributed by atoms with Crippen molar-refractivity contribution in [3.05, 3.63) is 71.3 Å². The second-order valence-corrected chi connectivity index (χ2v) is 6.52. The second-order valence-electron chi connectivity index (χ2n) is 6.52. The maximum atomic E-state index is 12.9. The van der Waals surface area contributed by atoms with Crippen LogP contribution in [0.4, 0.5) is 0 Å². The minimum atomic E-state index is -0.963. The van der Waals surface area contributed by atoms with Gasteiger partial charge in [0.25, 0.3) is 0 Å². The maximum Gasteiger partial charge on any atom is 0.335 e. The molecule has 1 aliphatic heterocycles. The van der Waals surface area contributed by atoms with Crippen molar-refractivity contribution in [1.29, 1.82) is 0 Å². The van der Waals surface area contributed by atoms with Gasteiger partial charge in [-0.1, -0.05) is 42.5 Å². The van der Waals surface area contributed by atoms with Gasteiger partial charge in [-0.15, -0.1) is 0 Å². The van der Waals surface area contributed by atoms with E-state index in [0.29, 0.717) is 19.8 Å². The van der Waals surface area contributed by atoms with Crippen molar-refractivity contribution in [1.82, 2.24) is 4.90 Å². The Morgan fingerprint density at radius 1 is 1.04 bits per heavy atom. The van der Waals surface area contributed by atoms with Crippen LogP contribution in [0.3, 0.4) is 0 Å². The van der Waals surface area contributed by atoms with Gasteiger partial charge < -0.3 is 14.7 Å². The van der Waals surface area contributed by atoms with E-state index in [0.717, 1.165) is 18.4 Å². The van der Waals surface area contributed by atoms with E-state index in [1.165, 1.54) is 17.7 Å². The van der Waals surface area contributed by atoms with Gasteiger partial charge in [0.15, 0.2) is 0 Å². The summed E-state index contributed by atoms with van der Waals surface area (Å²) in [5, 5.41) is 8.98. The lowest BCUT2D eigenvalue weighted by atomic mass is 10.1. The Balaban J connectivity index is 1.66. The largest absolute Gasteiger partial charge is 0.478 e. The van der Waals surface area contributed by atoms with Crippen LogP contribution in [0.2, 0.25) is 0 Å². The predicted molar refractivity (Wildman–Crippen MR) is 98.2 cm³/mol. The molecule has 1 heterocycles. The number of nitrogens with zero attached hydrogens (tertiary/aromatic N) is 1. The third-order valence-electron chi connectivity index (χ3n) is 4.71. The molecule has 5 nitrogen and oxygen atoms in total. The standard InChI is InChI=1S/C21H23NO4/c23-20(14-17-6-8-18(9-7-17)21(24)25)22(19-11-13-26-15-19)12-10-16-4-2-1-3-5-16/h1-9,19H,10-15H2,(H,24,25). The highest BCUT2D eigenvalue weighted by molar-refractivity contribution is 5.87. The predicted octanol–water partition coefficient (Wildman–Crippen LogP) is 2.79. The fourth-order valence-corrected chi connectivity index (χ4v) is 3.21. The minimum Gasteiger partial charge on any atom is -0.478 e. The molecule has 3 rings (SSSR count). The van der Waals surface area contributed by atoms with Crippen molar-refractivity contribution in [2.75, 3.05) is 19.8 Å². The fraction of sp³-hybridized carbons (Fsp3) is 0.333. The van der Waals surface area contributed by atoms with Crippen LogP contribution >= 0.6 is 0 Å². The van der Waals surface area contributed by atoms with Crippen molar-refractivity contribution in [2.45, 2.75) is 25.3 Å². The van der Waals surface area contributed by atoms with Gasteiger partial charge in [0, 0.05) is 13.2 Å². The first-order valence-electron chi connectivity index (χ1n) is 8.87. The zero-order chi connectivity index (χ0) is 18.4. The number of carbonyl (C=O) groups is 2. The van der Waals surface area contributed by atoms with E-state index in [-0.39, 0.29) is 23.9 Å². The Hall–Kier alpha value is -2.66. The first kappa shape index (κ1) is 18.1. The molecule has 5 heteroatoms. The van der Waals surface area contributed by atoms with Gasteiger partial charge in [-0.25, -0.2) is 4.79 Å². The van der Waals surface area contributed by atoms with Crippen molar-refractivity contribution >= 4 is 11.9 Å². The van der Waals surface area contributed by atoms with Gasteiger partial charge >= 0.3 is 5.97 Å². The molecular weight excluding hydrogens is 330 g/mol. The molecule has 0 saturated carbocycles. The summed E-state index contributed by atoms with van der Waals surface area (Å²) in [7, 11) is 0. The molecule has 26 heavy (non-hydrogen) atoms. The van der Waals surface area contributed by atoms with E-state index >= 15 is 0 Å². The van der Waals surface area contributed by atoms with E-state index < -0.39 is 5.97 Å². The summed E-state index contributed by atoms with van der Waals surface area (Å²) in [6.45, 7) is 1.93. The third-order valence-corrected chi connectivity index (χ3v) is 4.71. The summed E-state index contributed by atoms with van der Waals surface area (Å²) < 4.78 is 5.47. The lowest BCUT2D eigenvalue weighted by molar-refractivity contribution is -0.132. The van der Waals surface area contributed by atoms with Gasteiger partial charge in [-0.3, -0.25) is 4.79 Å². The molecule has 1 unspecified atom stereocenters. The summed E-state index contributed by atoms with van der Waals surface area (Å²) in [6.07, 6.45) is 1.94. The number of carboxylic acid groups (broad SMARTS) is 1. The SMILES string of the molecule is O=C(O)c1ccc(CC(=O)N(CCc2ccccc2)C2CCOC2)cc1. The summed E-state index contributed by atoms with van der Waals surface area (Å²) in [5.74, 6) is -0.907. The van der Waals surface area contributed by atoms with Gasteiger partial charge in [0.1, 0.15) is 0 Å². The monoisotopic (exact) mass is 353 g/mol. The van der Waals surface area contributed by atoms with Crippen molar-refractivity contribution in [2.24, 2.45) is 0 Å². The number of aromatic carboxylic acids is 1. The topological polar surface area (TPSA) is 66.8 Å². The van der Waals surface area contributed by atoms with E-state index in [1.807, 2.05) is 23.1 Å². The zero-order valence-electron chi connectivity index (χ0n) is 14.6. The van der Waals surface area contributed by atoms with Crippen molar-refractivity contribution < 1.29 is 19.4 Å². The third kappa shape index (κ3) is 4.70. The average Bonchev–Trinajstić information content (AvgIpc) is 3.17. The molecule has 0 spiro atoms. The van der Waals surface area contributed by atoms with Crippen LogP contribution in [0.5, 0.6) is 0 Å². The van der Waals surface area contributed by atoms with Gasteiger partial charge in [0.05, 0.1) is 24.6 Å². The first-order chi connectivity index (χ1) is 12.6. The quantitative estimate of drug-likeness (QED) is 0.831. The van der Waals surface area contributed by atoms with Crippen LogP contribution in [0, 0.1) is 0 Å². The summed E-state index contributed by atoms with van der Waals surface area (Å²) in [4.78, 5) is 25.8. The number of hydrogen-bond donors (Lipinski definition) is 1. The lowest BCUT2D eigenvalue weighted by Crippen LogP contribution is -2.42.